The van der Waals surface area contributed by atoms with Gasteiger partial charge in [0.2, 0.25) is 0 Å². The van der Waals surface area contributed by atoms with Crippen LogP contribution < -0.4 is 0 Å². The van der Waals surface area contributed by atoms with Gasteiger partial charge in [0.15, 0.2) is 0 Å². The van der Waals surface area contributed by atoms with E-state index in [1.54, 1.807) is 4.90 Å². The quantitative estimate of drug-likeness (QED) is 0.872. The number of benzene rings is 1. The van der Waals surface area contributed by atoms with Crippen LogP contribution in [0.25, 0.3) is 0 Å². The van der Waals surface area contributed by atoms with Gasteiger partial charge in [0.1, 0.15) is 6.61 Å². The fourth-order valence-electron chi connectivity index (χ4n) is 2.11. The number of likely N-dealkylation sites (tertiary alicyclic amines) is 1. The first kappa shape index (κ1) is 12.9. The highest BCUT2D eigenvalue weighted by Crippen LogP contribution is 2.17. The zero-order chi connectivity index (χ0) is 13.0. The molecule has 1 saturated heterocycles. The lowest BCUT2D eigenvalue weighted by Gasteiger charge is -2.33. The van der Waals surface area contributed by atoms with Gasteiger partial charge in [-0.3, -0.25) is 0 Å². The Balaban J connectivity index is 1.82. The lowest BCUT2D eigenvalue weighted by atomic mass is 9.97. The molecule has 4 heteroatoms. The van der Waals surface area contributed by atoms with Crippen LogP contribution in [-0.4, -0.2) is 35.3 Å². The van der Waals surface area contributed by atoms with Gasteiger partial charge < -0.3 is 14.7 Å². The van der Waals surface area contributed by atoms with Crippen LogP contribution in [0, 0.1) is 5.92 Å². The summed E-state index contributed by atoms with van der Waals surface area (Å²) in [5.41, 5.74) is 0.982. The number of carbonyl (C=O) groups is 1. The van der Waals surface area contributed by atoms with Crippen molar-refractivity contribution in [3.8, 4) is 0 Å². The largest absolute Gasteiger partial charge is 0.445 e. The standard InChI is InChI=1S/C14H19NO3/c1-11-9-15(8-7-13(11)16)14(17)18-10-12-5-3-2-4-6-12/h2-6,11,13,16H,7-10H2,1H3/t11-,13-/m1/s1. The number of carbonyl (C=O) groups excluding carboxylic acids is 1. The molecule has 4 nitrogen and oxygen atoms in total. The maximum Gasteiger partial charge on any atom is 0.410 e. The van der Waals surface area contributed by atoms with Crippen molar-refractivity contribution in [1.82, 2.24) is 4.90 Å². The molecule has 0 radical (unpaired) electrons. The topological polar surface area (TPSA) is 49.8 Å². The Morgan fingerprint density at radius 3 is 2.83 bits per heavy atom. The fourth-order valence-corrected chi connectivity index (χ4v) is 2.11. The van der Waals surface area contributed by atoms with Gasteiger partial charge in [-0.25, -0.2) is 4.79 Å². The number of hydrogen-bond acceptors (Lipinski definition) is 3. The van der Waals surface area contributed by atoms with E-state index in [-0.39, 0.29) is 18.1 Å². The minimum Gasteiger partial charge on any atom is -0.445 e. The Morgan fingerprint density at radius 2 is 2.17 bits per heavy atom. The van der Waals surface area contributed by atoms with Crippen molar-refractivity contribution in [1.29, 1.82) is 0 Å². The van der Waals surface area contributed by atoms with Gasteiger partial charge in [-0.05, 0) is 17.9 Å². The van der Waals surface area contributed by atoms with Gasteiger partial charge >= 0.3 is 6.09 Å². The van der Waals surface area contributed by atoms with Crippen LogP contribution >= 0.6 is 0 Å². The SMILES string of the molecule is C[C@@H]1CN(C(=O)OCc2ccccc2)CC[C@H]1O. The zero-order valence-corrected chi connectivity index (χ0v) is 10.6. The van der Waals surface area contributed by atoms with Gasteiger partial charge in [0, 0.05) is 13.1 Å². The molecule has 1 fully saturated rings. The van der Waals surface area contributed by atoms with E-state index in [1.165, 1.54) is 0 Å². The first-order valence-electron chi connectivity index (χ1n) is 6.30. The molecule has 1 aliphatic rings. The van der Waals surface area contributed by atoms with Crippen molar-refractivity contribution in [3.05, 3.63) is 35.9 Å². The van der Waals surface area contributed by atoms with Crippen LogP contribution in [0.5, 0.6) is 0 Å². The second-order valence-corrected chi connectivity index (χ2v) is 4.82. The van der Waals surface area contributed by atoms with Crippen molar-refractivity contribution >= 4 is 6.09 Å². The fraction of sp³-hybridized carbons (Fsp3) is 0.500. The van der Waals surface area contributed by atoms with Crippen LogP contribution in [0.4, 0.5) is 4.79 Å². The van der Waals surface area contributed by atoms with Gasteiger partial charge in [0.05, 0.1) is 6.10 Å². The molecule has 1 heterocycles. The van der Waals surface area contributed by atoms with Crippen molar-refractivity contribution < 1.29 is 14.6 Å². The number of amides is 1. The maximum absolute atomic E-state index is 11.8. The predicted octanol–water partition coefficient (Wildman–Crippen LogP) is 2.03. The third-order valence-corrected chi connectivity index (χ3v) is 3.32. The first-order valence-corrected chi connectivity index (χ1v) is 6.30. The summed E-state index contributed by atoms with van der Waals surface area (Å²) in [6.07, 6.45) is 0.0301. The molecule has 0 aliphatic carbocycles. The molecule has 1 aliphatic heterocycles. The Hall–Kier alpha value is -1.55. The summed E-state index contributed by atoms with van der Waals surface area (Å²) < 4.78 is 5.26. The lowest BCUT2D eigenvalue weighted by Crippen LogP contribution is -2.45. The van der Waals surface area contributed by atoms with E-state index in [9.17, 15) is 9.90 Å². The van der Waals surface area contributed by atoms with Crippen molar-refractivity contribution in [2.24, 2.45) is 5.92 Å². The Kier molecular flexibility index (Phi) is 4.20. The number of piperidine rings is 1. The van der Waals surface area contributed by atoms with E-state index in [0.717, 1.165) is 5.56 Å². The van der Waals surface area contributed by atoms with E-state index in [1.807, 2.05) is 37.3 Å². The van der Waals surface area contributed by atoms with Crippen molar-refractivity contribution in [3.63, 3.8) is 0 Å². The number of aliphatic hydroxyl groups excluding tert-OH is 1. The molecule has 0 aromatic heterocycles. The average Bonchev–Trinajstić information content (AvgIpc) is 2.40. The van der Waals surface area contributed by atoms with Gasteiger partial charge in [-0.1, -0.05) is 37.3 Å². The van der Waals surface area contributed by atoms with Crippen LogP contribution in [0.1, 0.15) is 18.9 Å². The molecule has 1 N–H and O–H groups in total. The van der Waals surface area contributed by atoms with Gasteiger partial charge in [-0.2, -0.15) is 0 Å². The normalized spacial score (nSPS) is 23.8. The number of aliphatic hydroxyl groups is 1. The molecule has 2 atom stereocenters. The van der Waals surface area contributed by atoms with E-state index in [4.69, 9.17) is 4.74 Å². The molecule has 0 saturated carbocycles. The number of nitrogens with zero attached hydrogens (tertiary/aromatic N) is 1. The van der Waals surface area contributed by atoms with E-state index >= 15 is 0 Å². The Bertz CT molecular complexity index is 393. The number of hydrogen-bond donors (Lipinski definition) is 1. The van der Waals surface area contributed by atoms with Gasteiger partial charge in [-0.15, -0.1) is 0 Å². The summed E-state index contributed by atoms with van der Waals surface area (Å²) in [7, 11) is 0. The molecule has 0 unspecified atom stereocenters. The maximum atomic E-state index is 11.8. The predicted molar refractivity (Wildman–Crippen MR) is 68.0 cm³/mol. The highest BCUT2D eigenvalue weighted by molar-refractivity contribution is 5.67. The Morgan fingerprint density at radius 1 is 1.44 bits per heavy atom. The molecule has 1 aromatic carbocycles. The first-order chi connectivity index (χ1) is 8.66. The molecule has 1 aromatic rings. The molecule has 18 heavy (non-hydrogen) atoms. The molecular weight excluding hydrogens is 230 g/mol. The molecule has 2 rings (SSSR count). The summed E-state index contributed by atoms with van der Waals surface area (Å²) >= 11 is 0. The third kappa shape index (κ3) is 3.23. The Labute approximate surface area is 107 Å². The van der Waals surface area contributed by atoms with Gasteiger partial charge in [0.25, 0.3) is 0 Å². The van der Waals surface area contributed by atoms with Crippen LogP contribution in [0.3, 0.4) is 0 Å². The van der Waals surface area contributed by atoms with Crippen molar-refractivity contribution in [2.75, 3.05) is 13.1 Å². The van der Waals surface area contributed by atoms with E-state index in [0.29, 0.717) is 26.1 Å². The number of ether oxygens (including phenoxy) is 1. The molecule has 1 amide bonds. The van der Waals surface area contributed by atoms with E-state index < -0.39 is 0 Å². The molecular formula is C14H19NO3. The number of rotatable bonds is 2. The highest BCUT2D eigenvalue weighted by Gasteiger charge is 2.27. The minimum atomic E-state index is -0.303. The van der Waals surface area contributed by atoms with Crippen LogP contribution in [-0.2, 0) is 11.3 Å². The molecule has 0 spiro atoms. The summed E-state index contributed by atoms with van der Waals surface area (Å²) in [6, 6.07) is 9.62. The van der Waals surface area contributed by atoms with Crippen molar-refractivity contribution in [2.45, 2.75) is 26.1 Å². The second kappa shape index (κ2) is 5.87. The monoisotopic (exact) mass is 249 g/mol. The third-order valence-electron chi connectivity index (χ3n) is 3.32. The molecule has 98 valence electrons. The second-order valence-electron chi connectivity index (χ2n) is 4.82. The average molecular weight is 249 g/mol. The summed E-state index contributed by atoms with van der Waals surface area (Å²) in [6.45, 7) is 3.38. The lowest BCUT2D eigenvalue weighted by molar-refractivity contribution is 0.0248. The summed E-state index contributed by atoms with van der Waals surface area (Å²) in [5.74, 6) is 0.114. The van der Waals surface area contributed by atoms with Crippen LogP contribution in [0.2, 0.25) is 0 Å². The zero-order valence-electron chi connectivity index (χ0n) is 10.6. The van der Waals surface area contributed by atoms with Crippen LogP contribution in [0.15, 0.2) is 30.3 Å². The summed E-state index contributed by atoms with van der Waals surface area (Å²) in [5, 5.41) is 9.61. The molecule has 0 bridgehead atoms. The van der Waals surface area contributed by atoms with E-state index in [2.05, 4.69) is 0 Å². The highest BCUT2D eigenvalue weighted by atomic mass is 16.6. The smallest absolute Gasteiger partial charge is 0.410 e. The minimum absolute atomic E-state index is 0.114. The summed E-state index contributed by atoms with van der Waals surface area (Å²) in [4.78, 5) is 13.5.